The molecule has 0 amide bonds. The Bertz CT molecular complexity index is 404. The summed E-state index contributed by atoms with van der Waals surface area (Å²) in [7, 11) is 0. The van der Waals surface area contributed by atoms with Gasteiger partial charge >= 0.3 is 5.97 Å². The molecule has 0 radical (unpaired) electrons. The van der Waals surface area contributed by atoms with E-state index >= 15 is 0 Å². The molecule has 0 spiro atoms. The highest BCUT2D eigenvalue weighted by molar-refractivity contribution is 5.87. The molecule has 4 nitrogen and oxygen atoms in total. The first kappa shape index (κ1) is 8.04. The van der Waals surface area contributed by atoms with Crippen LogP contribution in [0.3, 0.4) is 0 Å². The van der Waals surface area contributed by atoms with Gasteiger partial charge in [0.05, 0.1) is 0 Å². The van der Waals surface area contributed by atoms with Crippen molar-refractivity contribution in [2.75, 3.05) is 0 Å². The van der Waals surface area contributed by atoms with Crippen LogP contribution in [-0.2, 0) is 0 Å². The molecule has 0 aromatic carbocycles. The van der Waals surface area contributed by atoms with Gasteiger partial charge in [-0.25, -0.2) is 4.79 Å². The van der Waals surface area contributed by atoms with Crippen molar-refractivity contribution in [1.29, 1.82) is 0 Å². The van der Waals surface area contributed by atoms with Crippen molar-refractivity contribution < 1.29 is 9.90 Å². The predicted octanol–water partition coefficient (Wildman–Crippen LogP) is 0.951. The Labute approximate surface area is 74.2 Å². The first-order valence-electron chi connectivity index (χ1n) is 4.14. The third-order valence-corrected chi connectivity index (χ3v) is 2.22. The Balaban J connectivity index is 2.54. The summed E-state index contributed by atoms with van der Waals surface area (Å²) in [6, 6.07) is 0. The first-order chi connectivity index (χ1) is 6.20. The summed E-state index contributed by atoms with van der Waals surface area (Å²) in [5, 5.41) is 8.67. The van der Waals surface area contributed by atoms with Gasteiger partial charge in [-0.05, 0) is 18.8 Å². The second-order valence-electron chi connectivity index (χ2n) is 3.23. The number of carboxylic acids is 1. The molecule has 1 fully saturated rings. The largest absolute Gasteiger partial charge is 0.477 e. The van der Waals surface area contributed by atoms with Gasteiger partial charge in [-0.3, -0.25) is 4.79 Å². The molecule has 13 heavy (non-hydrogen) atoms. The molecule has 1 aliphatic carbocycles. The van der Waals surface area contributed by atoms with Gasteiger partial charge in [0.25, 0.3) is 0 Å². The van der Waals surface area contributed by atoms with E-state index in [1.165, 1.54) is 6.20 Å². The molecule has 1 aromatic rings. The number of H-pyrrole nitrogens is 1. The summed E-state index contributed by atoms with van der Waals surface area (Å²) in [4.78, 5) is 24.8. The molecule has 0 aliphatic heterocycles. The molecule has 2 N–H and O–H groups in total. The molecule has 1 heterocycles. The Kier molecular flexibility index (Phi) is 1.69. The molecular formula is C9H9NO3. The van der Waals surface area contributed by atoms with Gasteiger partial charge in [-0.1, -0.05) is 0 Å². The summed E-state index contributed by atoms with van der Waals surface area (Å²) in [6.07, 6.45) is 4.82. The number of aromatic nitrogens is 1. The van der Waals surface area contributed by atoms with Crippen molar-refractivity contribution in [3.63, 3.8) is 0 Å². The smallest absolute Gasteiger partial charge is 0.341 e. The Hall–Kier alpha value is -1.58. The summed E-state index contributed by atoms with van der Waals surface area (Å²) in [6.45, 7) is 0. The van der Waals surface area contributed by atoms with E-state index in [-0.39, 0.29) is 16.9 Å². The Morgan fingerprint density at radius 1 is 1.46 bits per heavy atom. The maximum Gasteiger partial charge on any atom is 0.341 e. The fraction of sp³-hybridized carbons (Fsp3) is 0.333. The maximum absolute atomic E-state index is 11.5. The molecular weight excluding hydrogens is 170 g/mol. The zero-order valence-electron chi connectivity index (χ0n) is 6.91. The van der Waals surface area contributed by atoms with Crippen LogP contribution in [-0.4, -0.2) is 16.1 Å². The van der Waals surface area contributed by atoms with Crippen molar-refractivity contribution in [2.24, 2.45) is 0 Å². The van der Waals surface area contributed by atoms with Gasteiger partial charge in [0.15, 0.2) is 5.43 Å². The fourth-order valence-corrected chi connectivity index (χ4v) is 1.36. The number of aromatic carboxylic acids is 1. The second kappa shape index (κ2) is 2.73. The number of carboxylic acid groups (broad SMARTS) is 1. The number of rotatable bonds is 2. The molecule has 0 saturated heterocycles. The van der Waals surface area contributed by atoms with Crippen LogP contribution in [0.4, 0.5) is 0 Å². The third-order valence-electron chi connectivity index (χ3n) is 2.22. The zero-order chi connectivity index (χ0) is 9.42. The van der Waals surface area contributed by atoms with E-state index in [9.17, 15) is 9.59 Å². The molecule has 1 aromatic heterocycles. The van der Waals surface area contributed by atoms with E-state index in [2.05, 4.69) is 4.98 Å². The van der Waals surface area contributed by atoms with E-state index in [0.717, 1.165) is 12.8 Å². The summed E-state index contributed by atoms with van der Waals surface area (Å²) in [5.74, 6) is -0.883. The second-order valence-corrected chi connectivity index (χ2v) is 3.23. The third kappa shape index (κ3) is 1.35. The molecule has 0 bridgehead atoms. The van der Waals surface area contributed by atoms with Gasteiger partial charge in [0, 0.05) is 18.0 Å². The van der Waals surface area contributed by atoms with Gasteiger partial charge < -0.3 is 10.1 Å². The van der Waals surface area contributed by atoms with Crippen LogP contribution in [0.1, 0.15) is 34.7 Å². The maximum atomic E-state index is 11.5. The number of pyridine rings is 1. The minimum atomic E-state index is -1.16. The average molecular weight is 179 g/mol. The molecule has 0 unspecified atom stereocenters. The minimum absolute atomic E-state index is 0.163. The van der Waals surface area contributed by atoms with Crippen LogP contribution in [0.2, 0.25) is 0 Å². The lowest BCUT2D eigenvalue weighted by atomic mass is 10.1. The molecule has 1 aliphatic rings. The van der Waals surface area contributed by atoms with Gasteiger partial charge in [-0.15, -0.1) is 0 Å². The van der Waals surface area contributed by atoms with Crippen LogP contribution in [0.5, 0.6) is 0 Å². The number of hydrogen-bond acceptors (Lipinski definition) is 2. The summed E-state index contributed by atoms with van der Waals surface area (Å²) in [5.41, 5.74) is 0.109. The lowest BCUT2D eigenvalue weighted by molar-refractivity contribution is 0.0695. The highest BCUT2D eigenvalue weighted by atomic mass is 16.4. The molecule has 1 saturated carbocycles. The van der Waals surface area contributed by atoms with Gasteiger partial charge in [0.2, 0.25) is 0 Å². The quantitative estimate of drug-likeness (QED) is 0.710. The number of hydrogen-bond donors (Lipinski definition) is 2. The van der Waals surface area contributed by atoms with Crippen molar-refractivity contribution in [2.45, 2.75) is 18.8 Å². The Morgan fingerprint density at radius 3 is 2.69 bits per heavy atom. The van der Waals surface area contributed by atoms with Crippen LogP contribution in [0.15, 0.2) is 17.2 Å². The summed E-state index contributed by atoms with van der Waals surface area (Å²) < 4.78 is 0. The molecule has 68 valence electrons. The highest BCUT2D eigenvalue weighted by Crippen LogP contribution is 2.37. The topological polar surface area (TPSA) is 70.2 Å². The minimum Gasteiger partial charge on any atom is -0.477 e. The Morgan fingerprint density at radius 2 is 2.15 bits per heavy atom. The van der Waals surface area contributed by atoms with E-state index in [0.29, 0.717) is 5.56 Å². The van der Waals surface area contributed by atoms with E-state index in [1.54, 1.807) is 6.20 Å². The lowest BCUT2D eigenvalue weighted by Crippen LogP contribution is -2.18. The monoisotopic (exact) mass is 179 g/mol. The van der Waals surface area contributed by atoms with Crippen LogP contribution < -0.4 is 5.43 Å². The van der Waals surface area contributed by atoms with E-state index in [4.69, 9.17) is 5.11 Å². The van der Waals surface area contributed by atoms with Gasteiger partial charge in [-0.2, -0.15) is 0 Å². The summed E-state index contributed by atoms with van der Waals surface area (Å²) >= 11 is 0. The van der Waals surface area contributed by atoms with Crippen LogP contribution in [0, 0.1) is 0 Å². The van der Waals surface area contributed by atoms with Crippen molar-refractivity contribution in [1.82, 2.24) is 4.98 Å². The van der Waals surface area contributed by atoms with Crippen LogP contribution in [0.25, 0.3) is 0 Å². The van der Waals surface area contributed by atoms with Gasteiger partial charge in [0.1, 0.15) is 5.56 Å². The first-order valence-corrected chi connectivity index (χ1v) is 4.14. The normalized spacial score (nSPS) is 15.7. The average Bonchev–Trinajstić information content (AvgIpc) is 2.87. The number of carbonyl (C=O) groups is 1. The number of aromatic amines is 1. The molecule has 4 heteroatoms. The standard InChI is InChI=1S/C9H9NO3/c11-8-6(5-1-2-5)3-10-4-7(8)9(12)13/h3-5H,1-2H2,(H,10,11)(H,12,13). The van der Waals surface area contributed by atoms with Crippen molar-refractivity contribution in [3.8, 4) is 0 Å². The molecule has 0 atom stereocenters. The lowest BCUT2D eigenvalue weighted by Gasteiger charge is -1.97. The van der Waals surface area contributed by atoms with Crippen molar-refractivity contribution in [3.05, 3.63) is 33.7 Å². The number of nitrogens with one attached hydrogen (secondary N) is 1. The fourth-order valence-electron chi connectivity index (χ4n) is 1.36. The van der Waals surface area contributed by atoms with Crippen LogP contribution >= 0.6 is 0 Å². The molecule has 2 rings (SSSR count). The van der Waals surface area contributed by atoms with E-state index in [1.807, 2.05) is 0 Å². The predicted molar refractivity (Wildman–Crippen MR) is 46.0 cm³/mol. The highest BCUT2D eigenvalue weighted by Gasteiger charge is 2.27. The zero-order valence-corrected chi connectivity index (χ0v) is 6.91. The SMILES string of the molecule is O=C(O)c1c[nH]cc(C2CC2)c1=O. The van der Waals surface area contributed by atoms with Crippen molar-refractivity contribution >= 4 is 5.97 Å². The van der Waals surface area contributed by atoms with E-state index < -0.39 is 5.97 Å².